The minimum Gasteiger partial charge on any atom is -0.394 e. The summed E-state index contributed by atoms with van der Waals surface area (Å²) in [5.74, 6) is 0.912. The van der Waals surface area contributed by atoms with Crippen molar-refractivity contribution in [3.63, 3.8) is 0 Å². The molecule has 1 aliphatic heterocycles. The minimum absolute atomic E-state index is 0.735. The summed E-state index contributed by atoms with van der Waals surface area (Å²) < 4.78 is 1.90. The van der Waals surface area contributed by atoms with Crippen LogP contribution < -0.4 is 10.8 Å². The second-order valence-electron chi connectivity index (χ2n) is 3.78. The van der Waals surface area contributed by atoms with Crippen molar-refractivity contribution in [3.05, 3.63) is 5.69 Å². The van der Waals surface area contributed by atoms with Crippen molar-refractivity contribution in [2.75, 3.05) is 23.9 Å². The molecule has 2 rings (SSSR count). The molecule has 15 heavy (non-hydrogen) atoms. The predicted octanol–water partition coefficient (Wildman–Crippen LogP) is 1.33. The van der Waals surface area contributed by atoms with Crippen molar-refractivity contribution in [2.24, 2.45) is 0 Å². The molecule has 0 saturated carbocycles. The first-order chi connectivity index (χ1) is 7.24. The number of aromatic nitrogens is 2. The molecule has 84 valence electrons. The maximum absolute atomic E-state index is 6.00. The number of hydrogen-bond acceptors (Lipinski definition) is 4. The van der Waals surface area contributed by atoms with Crippen LogP contribution in [0.4, 0.5) is 11.5 Å². The van der Waals surface area contributed by atoms with Gasteiger partial charge in [-0.25, -0.2) is 9.75 Å². The van der Waals surface area contributed by atoms with E-state index in [2.05, 4.69) is 12.0 Å². The van der Waals surface area contributed by atoms with E-state index >= 15 is 0 Å². The summed E-state index contributed by atoms with van der Waals surface area (Å²) >= 11 is 0. The fraction of sp³-hybridized carbons (Fsp3) is 0.700. The SMILES string of the molecule is CCn1nc(C)c(N)c1N1CCCCO1. The van der Waals surface area contributed by atoms with E-state index in [4.69, 9.17) is 10.6 Å². The van der Waals surface area contributed by atoms with Gasteiger partial charge in [-0.2, -0.15) is 5.10 Å². The Kier molecular flexibility index (Phi) is 2.81. The predicted molar refractivity (Wildman–Crippen MR) is 59.6 cm³/mol. The molecule has 0 aromatic carbocycles. The van der Waals surface area contributed by atoms with Crippen LogP contribution in [-0.2, 0) is 11.4 Å². The molecule has 0 unspecified atom stereocenters. The van der Waals surface area contributed by atoms with Gasteiger partial charge in [-0.15, -0.1) is 0 Å². The average molecular weight is 210 g/mol. The monoisotopic (exact) mass is 210 g/mol. The van der Waals surface area contributed by atoms with E-state index in [-0.39, 0.29) is 0 Å². The Morgan fingerprint density at radius 3 is 2.87 bits per heavy atom. The molecular formula is C10H18N4O. The summed E-state index contributed by atoms with van der Waals surface area (Å²) in [6.07, 6.45) is 2.27. The van der Waals surface area contributed by atoms with Crippen LogP contribution in [0.5, 0.6) is 0 Å². The maximum Gasteiger partial charge on any atom is 0.174 e. The van der Waals surface area contributed by atoms with E-state index in [1.807, 2.05) is 16.7 Å². The molecule has 5 heteroatoms. The van der Waals surface area contributed by atoms with E-state index < -0.39 is 0 Å². The minimum atomic E-state index is 0.735. The van der Waals surface area contributed by atoms with Crippen molar-refractivity contribution < 1.29 is 4.84 Å². The molecule has 1 aliphatic rings. The van der Waals surface area contributed by atoms with Gasteiger partial charge in [-0.05, 0) is 26.7 Å². The van der Waals surface area contributed by atoms with Crippen molar-refractivity contribution >= 4 is 11.5 Å². The highest BCUT2D eigenvalue weighted by Crippen LogP contribution is 2.28. The highest BCUT2D eigenvalue weighted by Gasteiger charge is 2.21. The molecule has 0 radical (unpaired) electrons. The molecule has 2 N–H and O–H groups in total. The molecule has 0 spiro atoms. The van der Waals surface area contributed by atoms with E-state index in [9.17, 15) is 0 Å². The lowest BCUT2D eigenvalue weighted by Crippen LogP contribution is -2.32. The van der Waals surface area contributed by atoms with Crippen LogP contribution in [0.15, 0.2) is 0 Å². The molecule has 0 aliphatic carbocycles. The number of nitrogens with two attached hydrogens (primary N) is 1. The van der Waals surface area contributed by atoms with Crippen molar-refractivity contribution in [1.29, 1.82) is 0 Å². The maximum atomic E-state index is 6.00. The van der Waals surface area contributed by atoms with Crippen LogP contribution in [0.3, 0.4) is 0 Å². The summed E-state index contributed by atoms with van der Waals surface area (Å²) in [7, 11) is 0. The normalized spacial score (nSPS) is 17.1. The Morgan fingerprint density at radius 2 is 2.27 bits per heavy atom. The number of aryl methyl sites for hydroxylation is 2. The molecule has 1 aromatic rings. The molecule has 2 heterocycles. The first kappa shape index (κ1) is 10.3. The first-order valence-electron chi connectivity index (χ1n) is 5.47. The van der Waals surface area contributed by atoms with Crippen LogP contribution in [0.25, 0.3) is 0 Å². The van der Waals surface area contributed by atoms with Crippen LogP contribution >= 0.6 is 0 Å². The van der Waals surface area contributed by atoms with Gasteiger partial charge in [0.05, 0.1) is 18.0 Å². The fourth-order valence-corrected chi connectivity index (χ4v) is 1.83. The van der Waals surface area contributed by atoms with Gasteiger partial charge in [0, 0.05) is 13.1 Å². The molecule has 0 amide bonds. The zero-order chi connectivity index (χ0) is 10.8. The van der Waals surface area contributed by atoms with Crippen LogP contribution in [-0.4, -0.2) is 22.9 Å². The molecule has 0 bridgehead atoms. The van der Waals surface area contributed by atoms with Crippen LogP contribution in [0.2, 0.25) is 0 Å². The lowest BCUT2D eigenvalue weighted by atomic mass is 10.3. The molecule has 1 aromatic heterocycles. The number of nitrogens with zero attached hydrogens (tertiary/aromatic N) is 3. The van der Waals surface area contributed by atoms with E-state index in [1.54, 1.807) is 0 Å². The summed E-state index contributed by atoms with van der Waals surface area (Å²) in [5, 5.41) is 6.25. The zero-order valence-electron chi connectivity index (χ0n) is 9.36. The van der Waals surface area contributed by atoms with Crippen LogP contribution in [0, 0.1) is 6.92 Å². The topological polar surface area (TPSA) is 56.3 Å². The van der Waals surface area contributed by atoms with E-state index in [0.29, 0.717) is 0 Å². The van der Waals surface area contributed by atoms with Crippen molar-refractivity contribution in [1.82, 2.24) is 9.78 Å². The molecule has 1 fully saturated rings. The number of rotatable bonds is 2. The third-order valence-corrected chi connectivity index (χ3v) is 2.68. The zero-order valence-corrected chi connectivity index (χ0v) is 9.36. The number of nitrogen functional groups attached to an aromatic ring is 1. The Bertz CT molecular complexity index is 341. The van der Waals surface area contributed by atoms with Gasteiger partial charge in [0.15, 0.2) is 5.82 Å². The van der Waals surface area contributed by atoms with Gasteiger partial charge in [0.25, 0.3) is 0 Å². The molecule has 5 nitrogen and oxygen atoms in total. The van der Waals surface area contributed by atoms with Gasteiger partial charge >= 0.3 is 0 Å². The highest BCUT2D eigenvalue weighted by molar-refractivity contribution is 5.65. The Hall–Kier alpha value is -1.23. The number of hydroxylamine groups is 1. The largest absolute Gasteiger partial charge is 0.394 e. The Morgan fingerprint density at radius 1 is 1.47 bits per heavy atom. The third kappa shape index (κ3) is 1.79. The third-order valence-electron chi connectivity index (χ3n) is 2.68. The Labute approximate surface area is 89.8 Å². The Balaban J connectivity index is 2.31. The smallest absolute Gasteiger partial charge is 0.174 e. The molecule has 1 saturated heterocycles. The lowest BCUT2D eigenvalue weighted by Gasteiger charge is -2.28. The highest BCUT2D eigenvalue weighted by atomic mass is 16.7. The van der Waals surface area contributed by atoms with Gasteiger partial charge in [0.1, 0.15) is 0 Å². The summed E-state index contributed by atoms with van der Waals surface area (Å²) in [6, 6.07) is 0. The van der Waals surface area contributed by atoms with Crippen molar-refractivity contribution in [2.45, 2.75) is 33.2 Å². The van der Waals surface area contributed by atoms with Crippen molar-refractivity contribution in [3.8, 4) is 0 Å². The number of anilines is 2. The summed E-state index contributed by atoms with van der Waals surface area (Å²) in [6.45, 7) is 6.46. The van der Waals surface area contributed by atoms with E-state index in [0.717, 1.165) is 49.7 Å². The molecule has 0 atom stereocenters. The quantitative estimate of drug-likeness (QED) is 0.800. The van der Waals surface area contributed by atoms with E-state index in [1.165, 1.54) is 0 Å². The average Bonchev–Trinajstić information content (AvgIpc) is 2.56. The fourth-order valence-electron chi connectivity index (χ4n) is 1.83. The van der Waals surface area contributed by atoms with Crippen LogP contribution in [0.1, 0.15) is 25.5 Å². The lowest BCUT2D eigenvalue weighted by molar-refractivity contribution is 0.0745. The van der Waals surface area contributed by atoms with Gasteiger partial charge in [-0.3, -0.25) is 4.84 Å². The van der Waals surface area contributed by atoms with Gasteiger partial charge in [-0.1, -0.05) is 0 Å². The summed E-state index contributed by atoms with van der Waals surface area (Å²) in [4.78, 5) is 5.59. The standard InChI is InChI=1S/C10H18N4O/c1-3-13-10(9(11)8(2)12-13)14-6-4-5-7-15-14/h3-7,11H2,1-2H3. The van der Waals surface area contributed by atoms with Gasteiger partial charge < -0.3 is 5.73 Å². The second kappa shape index (κ2) is 4.10. The van der Waals surface area contributed by atoms with Gasteiger partial charge in [0.2, 0.25) is 0 Å². The summed E-state index contributed by atoms with van der Waals surface area (Å²) in [5.41, 5.74) is 7.62. The second-order valence-corrected chi connectivity index (χ2v) is 3.78. The number of hydrogen-bond donors (Lipinski definition) is 1. The first-order valence-corrected chi connectivity index (χ1v) is 5.47. The molecular weight excluding hydrogens is 192 g/mol.